The molecule has 0 atom stereocenters. The molecule has 1 aromatic carbocycles. The van der Waals surface area contributed by atoms with Gasteiger partial charge in [0.2, 0.25) is 11.7 Å². The SMILES string of the molecule is Cl.c1ccc(OCc2noc(CCC3CCNCC3)n2)cc1. The van der Waals surface area contributed by atoms with Gasteiger partial charge < -0.3 is 14.6 Å². The van der Waals surface area contributed by atoms with E-state index in [1.54, 1.807) is 0 Å². The van der Waals surface area contributed by atoms with E-state index in [0.29, 0.717) is 12.4 Å². The van der Waals surface area contributed by atoms with Crippen LogP contribution in [0.15, 0.2) is 34.9 Å². The van der Waals surface area contributed by atoms with E-state index >= 15 is 0 Å². The summed E-state index contributed by atoms with van der Waals surface area (Å²) in [7, 11) is 0. The van der Waals surface area contributed by atoms with Crippen LogP contribution in [0.5, 0.6) is 5.75 Å². The number of nitrogens with zero attached hydrogens (tertiary/aromatic N) is 2. The van der Waals surface area contributed by atoms with Gasteiger partial charge in [-0.3, -0.25) is 0 Å². The molecular formula is C16H22ClN3O2. The second-order valence-electron chi connectivity index (χ2n) is 5.44. The molecule has 22 heavy (non-hydrogen) atoms. The Morgan fingerprint density at radius 3 is 2.73 bits per heavy atom. The van der Waals surface area contributed by atoms with Gasteiger partial charge in [-0.05, 0) is 50.4 Å². The van der Waals surface area contributed by atoms with E-state index in [1.165, 1.54) is 12.8 Å². The van der Waals surface area contributed by atoms with E-state index in [-0.39, 0.29) is 12.4 Å². The largest absolute Gasteiger partial charge is 0.485 e. The number of aromatic nitrogens is 2. The number of halogens is 1. The average molecular weight is 324 g/mol. The number of aryl methyl sites for hydroxylation is 1. The zero-order valence-corrected chi connectivity index (χ0v) is 13.3. The molecule has 0 aliphatic carbocycles. The van der Waals surface area contributed by atoms with Crippen molar-refractivity contribution in [1.82, 2.24) is 15.5 Å². The topological polar surface area (TPSA) is 60.2 Å². The Morgan fingerprint density at radius 1 is 1.18 bits per heavy atom. The molecule has 0 bridgehead atoms. The van der Waals surface area contributed by atoms with Crippen molar-refractivity contribution in [3.8, 4) is 5.75 Å². The molecule has 5 nitrogen and oxygen atoms in total. The van der Waals surface area contributed by atoms with Crippen LogP contribution >= 0.6 is 12.4 Å². The maximum absolute atomic E-state index is 5.61. The fourth-order valence-corrected chi connectivity index (χ4v) is 2.61. The van der Waals surface area contributed by atoms with Gasteiger partial charge in [-0.15, -0.1) is 12.4 Å². The first kappa shape index (κ1) is 16.8. The van der Waals surface area contributed by atoms with Crippen LogP contribution in [-0.4, -0.2) is 23.2 Å². The standard InChI is InChI=1S/C16H21N3O2.ClH/c1-2-4-14(5-3-1)20-12-15-18-16(21-19-15)7-6-13-8-10-17-11-9-13;/h1-5,13,17H,6-12H2;1H. The van der Waals surface area contributed by atoms with E-state index in [2.05, 4.69) is 15.5 Å². The summed E-state index contributed by atoms with van der Waals surface area (Å²) >= 11 is 0. The van der Waals surface area contributed by atoms with Gasteiger partial charge in [-0.25, -0.2) is 0 Å². The first-order valence-corrected chi connectivity index (χ1v) is 7.60. The molecule has 0 saturated carbocycles. The second-order valence-corrected chi connectivity index (χ2v) is 5.44. The molecule has 2 heterocycles. The van der Waals surface area contributed by atoms with Gasteiger partial charge in [0.15, 0.2) is 6.61 Å². The van der Waals surface area contributed by atoms with Crippen molar-refractivity contribution >= 4 is 12.4 Å². The molecule has 0 unspecified atom stereocenters. The number of rotatable bonds is 6. The van der Waals surface area contributed by atoms with Gasteiger partial charge in [0.25, 0.3) is 0 Å². The third kappa shape index (κ3) is 5.00. The summed E-state index contributed by atoms with van der Waals surface area (Å²) in [6, 6.07) is 9.67. The molecule has 1 aliphatic rings. The first-order valence-electron chi connectivity index (χ1n) is 7.60. The molecule has 1 N–H and O–H groups in total. The fourth-order valence-electron chi connectivity index (χ4n) is 2.61. The van der Waals surface area contributed by atoms with Gasteiger partial charge in [0.1, 0.15) is 5.75 Å². The highest BCUT2D eigenvalue weighted by Crippen LogP contribution is 2.18. The zero-order valence-electron chi connectivity index (χ0n) is 12.5. The quantitative estimate of drug-likeness (QED) is 0.885. The Bertz CT molecular complexity index is 541. The minimum absolute atomic E-state index is 0. The van der Waals surface area contributed by atoms with E-state index in [4.69, 9.17) is 9.26 Å². The number of nitrogens with one attached hydrogen (secondary N) is 1. The lowest BCUT2D eigenvalue weighted by atomic mass is 9.93. The predicted molar refractivity (Wildman–Crippen MR) is 86.2 cm³/mol. The van der Waals surface area contributed by atoms with Crippen LogP contribution < -0.4 is 10.1 Å². The molecule has 3 rings (SSSR count). The van der Waals surface area contributed by atoms with Crippen LogP contribution in [-0.2, 0) is 13.0 Å². The number of hydrogen-bond donors (Lipinski definition) is 1. The highest BCUT2D eigenvalue weighted by Gasteiger charge is 2.15. The summed E-state index contributed by atoms with van der Waals surface area (Å²) < 4.78 is 10.9. The van der Waals surface area contributed by atoms with Crippen molar-refractivity contribution in [3.05, 3.63) is 42.0 Å². The first-order chi connectivity index (χ1) is 10.4. The van der Waals surface area contributed by atoms with Crippen molar-refractivity contribution in [3.63, 3.8) is 0 Å². The van der Waals surface area contributed by atoms with E-state index in [1.807, 2.05) is 30.3 Å². The molecule has 1 saturated heterocycles. The predicted octanol–water partition coefficient (Wildman–Crippen LogP) is 3.00. The Labute approximate surface area is 136 Å². The Balaban J connectivity index is 0.00000176. The lowest BCUT2D eigenvalue weighted by molar-refractivity contribution is 0.283. The van der Waals surface area contributed by atoms with Crippen LogP contribution in [0.3, 0.4) is 0 Å². The lowest BCUT2D eigenvalue weighted by Gasteiger charge is -2.21. The molecule has 6 heteroatoms. The van der Waals surface area contributed by atoms with Gasteiger partial charge in [0, 0.05) is 6.42 Å². The normalized spacial score (nSPS) is 15.3. The van der Waals surface area contributed by atoms with Crippen molar-refractivity contribution in [2.75, 3.05) is 13.1 Å². The molecule has 120 valence electrons. The van der Waals surface area contributed by atoms with Crippen LogP contribution in [0.2, 0.25) is 0 Å². The van der Waals surface area contributed by atoms with Crippen LogP contribution in [0.4, 0.5) is 0 Å². The molecular weight excluding hydrogens is 302 g/mol. The summed E-state index contributed by atoms with van der Waals surface area (Å²) in [5, 5.41) is 7.35. The molecule has 0 spiro atoms. The third-order valence-electron chi connectivity index (χ3n) is 3.85. The number of hydrogen-bond acceptors (Lipinski definition) is 5. The van der Waals surface area contributed by atoms with Gasteiger partial charge in [-0.2, -0.15) is 4.98 Å². The summed E-state index contributed by atoms with van der Waals surface area (Å²) in [6.07, 6.45) is 4.49. The summed E-state index contributed by atoms with van der Waals surface area (Å²) in [5.41, 5.74) is 0. The smallest absolute Gasteiger partial charge is 0.226 e. The summed E-state index contributed by atoms with van der Waals surface area (Å²) in [4.78, 5) is 4.39. The van der Waals surface area contributed by atoms with Crippen molar-refractivity contribution in [2.45, 2.75) is 32.3 Å². The molecule has 2 aromatic rings. The Kier molecular flexibility index (Phi) is 6.68. The van der Waals surface area contributed by atoms with Crippen LogP contribution in [0, 0.1) is 5.92 Å². The monoisotopic (exact) mass is 323 g/mol. The highest BCUT2D eigenvalue weighted by molar-refractivity contribution is 5.85. The Hall–Kier alpha value is -1.59. The van der Waals surface area contributed by atoms with E-state index < -0.39 is 0 Å². The third-order valence-corrected chi connectivity index (χ3v) is 3.85. The van der Waals surface area contributed by atoms with Crippen molar-refractivity contribution < 1.29 is 9.26 Å². The van der Waals surface area contributed by atoms with Crippen LogP contribution in [0.1, 0.15) is 31.0 Å². The number of ether oxygens (including phenoxy) is 1. The Morgan fingerprint density at radius 2 is 1.95 bits per heavy atom. The molecule has 0 radical (unpaired) electrons. The van der Waals surface area contributed by atoms with Gasteiger partial charge in [0.05, 0.1) is 0 Å². The van der Waals surface area contributed by atoms with E-state index in [9.17, 15) is 0 Å². The minimum Gasteiger partial charge on any atom is -0.485 e. The second kappa shape index (κ2) is 8.76. The van der Waals surface area contributed by atoms with Gasteiger partial charge >= 0.3 is 0 Å². The number of benzene rings is 1. The minimum atomic E-state index is 0. The summed E-state index contributed by atoms with van der Waals surface area (Å²) in [6.45, 7) is 2.61. The van der Waals surface area contributed by atoms with Crippen LogP contribution in [0.25, 0.3) is 0 Å². The zero-order chi connectivity index (χ0) is 14.3. The maximum atomic E-state index is 5.61. The average Bonchev–Trinajstić information content (AvgIpc) is 3.01. The van der Waals surface area contributed by atoms with E-state index in [0.717, 1.165) is 43.5 Å². The maximum Gasteiger partial charge on any atom is 0.226 e. The van der Waals surface area contributed by atoms with Gasteiger partial charge in [-0.1, -0.05) is 23.4 Å². The number of piperidine rings is 1. The van der Waals surface area contributed by atoms with Crippen molar-refractivity contribution in [1.29, 1.82) is 0 Å². The fraction of sp³-hybridized carbons (Fsp3) is 0.500. The molecule has 1 aromatic heterocycles. The molecule has 1 fully saturated rings. The molecule has 1 aliphatic heterocycles. The number of para-hydroxylation sites is 1. The lowest BCUT2D eigenvalue weighted by Crippen LogP contribution is -2.27. The highest BCUT2D eigenvalue weighted by atomic mass is 35.5. The molecule has 0 amide bonds. The summed E-state index contributed by atoms with van der Waals surface area (Å²) in [5.74, 6) is 2.93. The van der Waals surface area contributed by atoms with Crippen molar-refractivity contribution in [2.24, 2.45) is 5.92 Å².